The SMILES string of the molecule is CCC(CC)CN1CC(C(C)(C)C)NCC1C. The third-order valence-electron chi connectivity index (χ3n) is 4.39. The van der Waals surface area contributed by atoms with Crippen LogP contribution in [0.3, 0.4) is 0 Å². The second kappa shape index (κ2) is 6.19. The van der Waals surface area contributed by atoms with Crippen LogP contribution >= 0.6 is 0 Å². The standard InChI is InChI=1S/C15H32N2/c1-7-13(8-2)10-17-11-14(15(4,5)6)16-9-12(17)3/h12-14,16H,7-11H2,1-6H3. The Kier molecular flexibility index (Phi) is 5.46. The van der Waals surface area contributed by atoms with E-state index in [0.29, 0.717) is 17.5 Å². The van der Waals surface area contributed by atoms with E-state index in [-0.39, 0.29) is 0 Å². The minimum Gasteiger partial charge on any atom is -0.311 e. The Labute approximate surface area is 108 Å². The van der Waals surface area contributed by atoms with Crippen LogP contribution in [-0.2, 0) is 0 Å². The highest BCUT2D eigenvalue weighted by Gasteiger charge is 2.32. The first-order valence-electron chi connectivity index (χ1n) is 7.35. The second-order valence-corrected chi connectivity index (χ2v) is 6.81. The van der Waals surface area contributed by atoms with Crippen LogP contribution in [0.1, 0.15) is 54.4 Å². The Morgan fingerprint density at radius 3 is 2.29 bits per heavy atom. The molecule has 102 valence electrons. The number of rotatable bonds is 4. The molecule has 1 N–H and O–H groups in total. The molecule has 1 rings (SSSR count). The van der Waals surface area contributed by atoms with Crippen molar-refractivity contribution in [3.63, 3.8) is 0 Å². The van der Waals surface area contributed by atoms with Gasteiger partial charge in [-0.05, 0) is 18.3 Å². The lowest BCUT2D eigenvalue weighted by Crippen LogP contribution is -2.60. The molecule has 1 saturated heterocycles. The van der Waals surface area contributed by atoms with Crippen molar-refractivity contribution in [1.29, 1.82) is 0 Å². The van der Waals surface area contributed by atoms with E-state index in [1.807, 2.05) is 0 Å². The lowest BCUT2D eigenvalue weighted by molar-refractivity contribution is 0.0782. The van der Waals surface area contributed by atoms with Crippen molar-refractivity contribution in [2.45, 2.75) is 66.5 Å². The van der Waals surface area contributed by atoms with Gasteiger partial charge in [0, 0.05) is 31.7 Å². The zero-order valence-electron chi connectivity index (χ0n) is 12.7. The Balaban J connectivity index is 2.57. The summed E-state index contributed by atoms with van der Waals surface area (Å²) >= 11 is 0. The highest BCUT2D eigenvalue weighted by molar-refractivity contribution is 4.90. The molecule has 1 aliphatic rings. The smallest absolute Gasteiger partial charge is 0.0244 e. The molecule has 1 heterocycles. The lowest BCUT2D eigenvalue weighted by atomic mass is 9.84. The minimum atomic E-state index is 0.367. The Hall–Kier alpha value is -0.0800. The number of hydrogen-bond acceptors (Lipinski definition) is 2. The van der Waals surface area contributed by atoms with E-state index in [9.17, 15) is 0 Å². The molecule has 2 unspecified atom stereocenters. The minimum absolute atomic E-state index is 0.367. The molecule has 0 aromatic rings. The van der Waals surface area contributed by atoms with E-state index < -0.39 is 0 Å². The zero-order valence-corrected chi connectivity index (χ0v) is 12.7. The van der Waals surface area contributed by atoms with Gasteiger partial charge in [0.25, 0.3) is 0 Å². The molecule has 0 radical (unpaired) electrons. The third kappa shape index (κ3) is 4.26. The molecule has 2 heteroatoms. The fraction of sp³-hybridized carbons (Fsp3) is 1.00. The molecular formula is C15H32N2. The van der Waals surface area contributed by atoms with Gasteiger partial charge in [0.15, 0.2) is 0 Å². The first kappa shape index (κ1) is 15.0. The van der Waals surface area contributed by atoms with Crippen molar-refractivity contribution < 1.29 is 0 Å². The van der Waals surface area contributed by atoms with Gasteiger partial charge in [0.05, 0.1) is 0 Å². The predicted molar refractivity (Wildman–Crippen MR) is 76.4 cm³/mol. The third-order valence-corrected chi connectivity index (χ3v) is 4.39. The average molecular weight is 240 g/mol. The summed E-state index contributed by atoms with van der Waals surface area (Å²) in [5.41, 5.74) is 0.367. The number of nitrogens with one attached hydrogen (secondary N) is 1. The Morgan fingerprint density at radius 1 is 1.24 bits per heavy atom. The maximum atomic E-state index is 3.71. The van der Waals surface area contributed by atoms with Gasteiger partial charge in [-0.1, -0.05) is 47.5 Å². The van der Waals surface area contributed by atoms with Crippen molar-refractivity contribution in [2.24, 2.45) is 11.3 Å². The van der Waals surface area contributed by atoms with Crippen LogP contribution in [-0.4, -0.2) is 36.6 Å². The van der Waals surface area contributed by atoms with E-state index in [2.05, 4.69) is 51.8 Å². The van der Waals surface area contributed by atoms with Crippen LogP contribution in [0.2, 0.25) is 0 Å². The molecule has 0 aliphatic carbocycles. The molecule has 0 amide bonds. The highest BCUT2D eigenvalue weighted by Crippen LogP contribution is 2.24. The fourth-order valence-corrected chi connectivity index (χ4v) is 2.63. The lowest BCUT2D eigenvalue weighted by Gasteiger charge is -2.45. The van der Waals surface area contributed by atoms with Gasteiger partial charge in [-0.3, -0.25) is 4.90 Å². The van der Waals surface area contributed by atoms with E-state index in [1.165, 1.54) is 25.9 Å². The van der Waals surface area contributed by atoms with Crippen molar-refractivity contribution in [2.75, 3.05) is 19.6 Å². The molecule has 17 heavy (non-hydrogen) atoms. The molecule has 2 nitrogen and oxygen atoms in total. The fourth-order valence-electron chi connectivity index (χ4n) is 2.63. The predicted octanol–water partition coefficient (Wildman–Crippen LogP) is 3.13. The first-order chi connectivity index (χ1) is 7.88. The first-order valence-corrected chi connectivity index (χ1v) is 7.35. The summed E-state index contributed by atoms with van der Waals surface area (Å²) in [5.74, 6) is 0.871. The van der Waals surface area contributed by atoms with Crippen LogP contribution in [0.25, 0.3) is 0 Å². The van der Waals surface area contributed by atoms with Gasteiger partial charge >= 0.3 is 0 Å². The van der Waals surface area contributed by atoms with Crippen molar-refractivity contribution in [1.82, 2.24) is 10.2 Å². The van der Waals surface area contributed by atoms with Crippen LogP contribution in [0.4, 0.5) is 0 Å². The molecule has 1 fully saturated rings. The van der Waals surface area contributed by atoms with Crippen LogP contribution in [0.15, 0.2) is 0 Å². The molecular weight excluding hydrogens is 208 g/mol. The highest BCUT2D eigenvalue weighted by atomic mass is 15.2. The maximum Gasteiger partial charge on any atom is 0.0244 e. The summed E-state index contributed by atoms with van der Waals surface area (Å²) in [4.78, 5) is 2.70. The monoisotopic (exact) mass is 240 g/mol. The second-order valence-electron chi connectivity index (χ2n) is 6.81. The van der Waals surface area contributed by atoms with Gasteiger partial charge in [-0.25, -0.2) is 0 Å². The summed E-state index contributed by atoms with van der Waals surface area (Å²) in [6.45, 7) is 17.7. The van der Waals surface area contributed by atoms with Crippen molar-refractivity contribution in [3.8, 4) is 0 Å². The topological polar surface area (TPSA) is 15.3 Å². The van der Waals surface area contributed by atoms with Crippen molar-refractivity contribution >= 4 is 0 Å². The summed E-state index contributed by atoms with van der Waals surface area (Å²) in [7, 11) is 0. The summed E-state index contributed by atoms with van der Waals surface area (Å²) in [6.07, 6.45) is 2.63. The quantitative estimate of drug-likeness (QED) is 0.812. The molecule has 1 aliphatic heterocycles. The van der Waals surface area contributed by atoms with Gasteiger partial charge in [-0.15, -0.1) is 0 Å². The van der Waals surface area contributed by atoms with Gasteiger partial charge in [0.1, 0.15) is 0 Å². The molecule has 0 spiro atoms. The van der Waals surface area contributed by atoms with Gasteiger partial charge < -0.3 is 5.32 Å². The van der Waals surface area contributed by atoms with E-state index in [0.717, 1.165) is 12.5 Å². The van der Waals surface area contributed by atoms with Crippen LogP contribution in [0, 0.1) is 11.3 Å². The van der Waals surface area contributed by atoms with E-state index in [1.54, 1.807) is 0 Å². The van der Waals surface area contributed by atoms with Gasteiger partial charge in [-0.2, -0.15) is 0 Å². The summed E-state index contributed by atoms with van der Waals surface area (Å²) in [6, 6.07) is 1.32. The molecule has 0 bridgehead atoms. The average Bonchev–Trinajstić information content (AvgIpc) is 2.26. The molecule has 0 aromatic heterocycles. The molecule has 2 atom stereocenters. The summed E-state index contributed by atoms with van der Waals surface area (Å²) in [5, 5.41) is 3.71. The number of piperazine rings is 1. The summed E-state index contributed by atoms with van der Waals surface area (Å²) < 4.78 is 0. The molecule has 0 aromatic carbocycles. The van der Waals surface area contributed by atoms with Crippen LogP contribution in [0.5, 0.6) is 0 Å². The zero-order chi connectivity index (χ0) is 13.1. The molecule has 0 saturated carbocycles. The van der Waals surface area contributed by atoms with E-state index >= 15 is 0 Å². The van der Waals surface area contributed by atoms with Crippen LogP contribution < -0.4 is 5.32 Å². The number of nitrogens with zero attached hydrogens (tertiary/aromatic N) is 1. The Morgan fingerprint density at radius 2 is 1.82 bits per heavy atom. The normalized spacial score (nSPS) is 27.7. The van der Waals surface area contributed by atoms with E-state index in [4.69, 9.17) is 0 Å². The maximum absolute atomic E-state index is 3.71. The Bertz CT molecular complexity index is 215. The largest absolute Gasteiger partial charge is 0.311 e. The van der Waals surface area contributed by atoms with Crippen molar-refractivity contribution in [3.05, 3.63) is 0 Å². The number of hydrogen-bond donors (Lipinski definition) is 1. The van der Waals surface area contributed by atoms with Gasteiger partial charge in [0.2, 0.25) is 0 Å².